The third kappa shape index (κ3) is 7.17. The van der Waals surface area contributed by atoms with Crippen molar-refractivity contribution in [2.75, 3.05) is 6.54 Å². The molecule has 0 radical (unpaired) electrons. The normalized spacial score (nSPS) is 19.3. The predicted octanol–water partition coefficient (Wildman–Crippen LogP) is 3.26. The van der Waals surface area contributed by atoms with Crippen molar-refractivity contribution in [1.82, 2.24) is 5.32 Å². The Morgan fingerprint density at radius 3 is 2.47 bits per heavy atom. The van der Waals surface area contributed by atoms with Gasteiger partial charge in [-0.25, -0.2) is 0 Å². The van der Waals surface area contributed by atoms with Gasteiger partial charge in [0.2, 0.25) is 5.91 Å². The summed E-state index contributed by atoms with van der Waals surface area (Å²) in [6.07, 6.45) is 9.32. The number of carbonyl (C=O) groups is 1. The first-order chi connectivity index (χ1) is 8.67. The summed E-state index contributed by atoms with van der Waals surface area (Å²) in [6, 6.07) is 0.201. The van der Waals surface area contributed by atoms with Gasteiger partial charge in [0.05, 0.1) is 0 Å². The van der Waals surface area contributed by atoms with E-state index in [9.17, 15) is 4.79 Å². The Labute approximate surface area is 124 Å². The van der Waals surface area contributed by atoms with Crippen molar-refractivity contribution >= 4 is 18.3 Å². The molecule has 1 rings (SSSR count). The van der Waals surface area contributed by atoms with E-state index in [1.165, 1.54) is 32.1 Å². The van der Waals surface area contributed by atoms with Crippen LogP contribution in [-0.4, -0.2) is 18.5 Å². The van der Waals surface area contributed by atoms with E-state index in [1.807, 2.05) is 0 Å². The van der Waals surface area contributed by atoms with Gasteiger partial charge in [0, 0.05) is 19.0 Å². The molecule has 1 aliphatic carbocycles. The Morgan fingerprint density at radius 1 is 1.32 bits per heavy atom. The lowest BCUT2D eigenvalue weighted by Gasteiger charge is -2.30. The summed E-state index contributed by atoms with van der Waals surface area (Å²) < 4.78 is 0. The lowest BCUT2D eigenvalue weighted by atomic mass is 9.83. The van der Waals surface area contributed by atoms with Gasteiger partial charge < -0.3 is 11.1 Å². The van der Waals surface area contributed by atoms with Crippen LogP contribution in [-0.2, 0) is 4.79 Å². The Bertz CT molecular complexity index is 242. The van der Waals surface area contributed by atoms with Crippen molar-refractivity contribution < 1.29 is 4.79 Å². The molecule has 0 saturated heterocycles. The first-order valence-electron chi connectivity index (χ1n) is 7.66. The highest BCUT2D eigenvalue weighted by Crippen LogP contribution is 2.26. The molecular weight excluding hydrogens is 260 g/mol. The minimum absolute atomic E-state index is 0. The van der Waals surface area contributed by atoms with E-state index in [0.717, 1.165) is 12.8 Å². The molecule has 4 heteroatoms. The van der Waals surface area contributed by atoms with Crippen molar-refractivity contribution in [1.29, 1.82) is 0 Å². The topological polar surface area (TPSA) is 55.1 Å². The second kappa shape index (κ2) is 10.5. The van der Waals surface area contributed by atoms with Crippen LogP contribution in [0.25, 0.3) is 0 Å². The van der Waals surface area contributed by atoms with E-state index in [0.29, 0.717) is 24.8 Å². The van der Waals surface area contributed by atoms with E-state index in [1.54, 1.807) is 0 Å². The highest BCUT2D eigenvalue weighted by molar-refractivity contribution is 5.85. The molecule has 3 N–H and O–H groups in total. The molecule has 0 heterocycles. The van der Waals surface area contributed by atoms with E-state index in [2.05, 4.69) is 19.2 Å². The van der Waals surface area contributed by atoms with E-state index < -0.39 is 0 Å². The molecule has 3 nitrogen and oxygen atoms in total. The Balaban J connectivity index is 0.00000324. The van der Waals surface area contributed by atoms with Crippen LogP contribution in [0.5, 0.6) is 0 Å². The fraction of sp³-hybridized carbons (Fsp3) is 0.933. The minimum atomic E-state index is 0. The molecule has 1 aliphatic rings. The van der Waals surface area contributed by atoms with Crippen LogP contribution in [0.2, 0.25) is 0 Å². The molecule has 2 atom stereocenters. The minimum Gasteiger partial charge on any atom is -0.352 e. The fourth-order valence-electron chi connectivity index (χ4n) is 3.08. The zero-order valence-electron chi connectivity index (χ0n) is 12.5. The maximum atomic E-state index is 12.0. The van der Waals surface area contributed by atoms with Crippen molar-refractivity contribution in [3.05, 3.63) is 0 Å². The molecule has 2 unspecified atom stereocenters. The summed E-state index contributed by atoms with van der Waals surface area (Å²) >= 11 is 0. The monoisotopic (exact) mass is 290 g/mol. The van der Waals surface area contributed by atoms with Gasteiger partial charge >= 0.3 is 0 Å². The van der Waals surface area contributed by atoms with Crippen molar-refractivity contribution in [2.45, 2.75) is 71.3 Å². The number of nitrogens with two attached hydrogens (primary N) is 1. The number of amides is 1. The summed E-state index contributed by atoms with van der Waals surface area (Å²) in [6.45, 7) is 4.90. The van der Waals surface area contributed by atoms with E-state index in [4.69, 9.17) is 5.73 Å². The smallest absolute Gasteiger partial charge is 0.220 e. The SMILES string of the molecule is CCCC(C)CC(=O)NC(CN)C1CCCCC1.Cl. The molecule has 19 heavy (non-hydrogen) atoms. The fourth-order valence-corrected chi connectivity index (χ4v) is 3.08. The zero-order valence-corrected chi connectivity index (χ0v) is 13.3. The lowest BCUT2D eigenvalue weighted by Crippen LogP contribution is -2.46. The molecule has 0 aliphatic heterocycles. The highest BCUT2D eigenvalue weighted by atomic mass is 35.5. The average molecular weight is 291 g/mol. The summed E-state index contributed by atoms with van der Waals surface area (Å²) in [4.78, 5) is 12.0. The van der Waals surface area contributed by atoms with Crippen molar-refractivity contribution in [3.63, 3.8) is 0 Å². The molecule has 114 valence electrons. The number of hydrogen-bond donors (Lipinski definition) is 2. The van der Waals surface area contributed by atoms with Gasteiger partial charge in [0.1, 0.15) is 0 Å². The third-order valence-corrected chi connectivity index (χ3v) is 4.13. The Hall–Kier alpha value is -0.280. The molecule has 0 aromatic rings. The van der Waals surface area contributed by atoms with Crippen LogP contribution in [0, 0.1) is 11.8 Å². The first kappa shape index (κ1) is 18.7. The van der Waals surface area contributed by atoms with E-state index in [-0.39, 0.29) is 24.4 Å². The highest BCUT2D eigenvalue weighted by Gasteiger charge is 2.24. The molecule has 0 bridgehead atoms. The maximum absolute atomic E-state index is 12.0. The number of rotatable bonds is 7. The van der Waals surface area contributed by atoms with Crippen LogP contribution < -0.4 is 11.1 Å². The lowest BCUT2D eigenvalue weighted by molar-refractivity contribution is -0.123. The van der Waals surface area contributed by atoms with Gasteiger partial charge in [-0.1, -0.05) is 46.0 Å². The molecule has 0 spiro atoms. The summed E-state index contributed by atoms with van der Waals surface area (Å²) in [7, 11) is 0. The Morgan fingerprint density at radius 2 is 1.95 bits per heavy atom. The number of carbonyl (C=O) groups excluding carboxylic acids is 1. The van der Waals surface area contributed by atoms with Gasteiger partial charge in [-0.05, 0) is 24.7 Å². The van der Waals surface area contributed by atoms with Crippen LogP contribution in [0.15, 0.2) is 0 Å². The van der Waals surface area contributed by atoms with Gasteiger partial charge in [0.15, 0.2) is 0 Å². The van der Waals surface area contributed by atoms with E-state index >= 15 is 0 Å². The quantitative estimate of drug-likeness (QED) is 0.756. The molecular formula is C15H31ClN2O. The molecule has 1 amide bonds. The van der Waals surface area contributed by atoms with Gasteiger partial charge in [-0.3, -0.25) is 4.79 Å². The standard InChI is InChI=1S/C15H30N2O.ClH/c1-3-7-12(2)10-15(18)17-14(11-16)13-8-5-4-6-9-13;/h12-14H,3-11,16H2,1-2H3,(H,17,18);1H. The van der Waals surface area contributed by atoms with Gasteiger partial charge in [-0.15, -0.1) is 12.4 Å². The third-order valence-electron chi connectivity index (χ3n) is 4.13. The van der Waals surface area contributed by atoms with Gasteiger partial charge in [-0.2, -0.15) is 0 Å². The van der Waals surface area contributed by atoms with Gasteiger partial charge in [0.25, 0.3) is 0 Å². The average Bonchev–Trinajstić information content (AvgIpc) is 2.37. The summed E-state index contributed by atoms with van der Waals surface area (Å²) in [5.41, 5.74) is 5.83. The summed E-state index contributed by atoms with van der Waals surface area (Å²) in [5.74, 6) is 1.28. The van der Waals surface area contributed by atoms with Crippen molar-refractivity contribution in [3.8, 4) is 0 Å². The second-order valence-corrected chi connectivity index (χ2v) is 5.91. The zero-order chi connectivity index (χ0) is 13.4. The van der Waals surface area contributed by atoms with Crippen LogP contribution in [0.4, 0.5) is 0 Å². The number of nitrogens with one attached hydrogen (secondary N) is 1. The Kier molecular flexibility index (Phi) is 10.3. The molecule has 1 fully saturated rings. The largest absolute Gasteiger partial charge is 0.352 e. The summed E-state index contributed by atoms with van der Waals surface area (Å²) in [5, 5.41) is 3.16. The predicted molar refractivity (Wildman–Crippen MR) is 83.5 cm³/mol. The molecule has 0 aromatic heterocycles. The number of hydrogen-bond acceptors (Lipinski definition) is 2. The molecule has 0 aromatic carbocycles. The van der Waals surface area contributed by atoms with Crippen LogP contribution in [0.1, 0.15) is 65.2 Å². The second-order valence-electron chi connectivity index (χ2n) is 5.91. The molecule has 1 saturated carbocycles. The van der Waals surface area contributed by atoms with Crippen molar-refractivity contribution in [2.24, 2.45) is 17.6 Å². The van der Waals surface area contributed by atoms with Crippen LogP contribution in [0.3, 0.4) is 0 Å². The van der Waals surface area contributed by atoms with Crippen LogP contribution >= 0.6 is 12.4 Å². The first-order valence-corrected chi connectivity index (χ1v) is 7.66. The number of halogens is 1. The maximum Gasteiger partial charge on any atom is 0.220 e.